The van der Waals surface area contributed by atoms with Gasteiger partial charge in [-0.2, -0.15) is 0 Å². The topological polar surface area (TPSA) is 63.8 Å². The van der Waals surface area contributed by atoms with Crippen LogP contribution in [0.3, 0.4) is 0 Å². The first-order valence-corrected chi connectivity index (χ1v) is 7.39. The molecule has 0 aliphatic heterocycles. The van der Waals surface area contributed by atoms with Crippen molar-refractivity contribution in [2.75, 3.05) is 5.43 Å². The van der Waals surface area contributed by atoms with E-state index in [9.17, 15) is 0 Å². The van der Waals surface area contributed by atoms with Crippen molar-refractivity contribution >= 4 is 21.7 Å². The van der Waals surface area contributed by atoms with Gasteiger partial charge in [-0.05, 0) is 24.5 Å². The quantitative estimate of drug-likeness (QED) is 0.663. The molecule has 0 saturated carbocycles. The maximum absolute atomic E-state index is 5.60. The maximum atomic E-state index is 5.60. The number of nitrogens with one attached hydrogen (secondary N) is 1. The van der Waals surface area contributed by atoms with Crippen LogP contribution in [0.25, 0.3) is 0 Å². The van der Waals surface area contributed by atoms with E-state index in [2.05, 4.69) is 51.2 Å². The van der Waals surface area contributed by atoms with Crippen molar-refractivity contribution in [1.82, 2.24) is 9.97 Å². The number of hydrogen-bond donors (Lipinski definition) is 2. The lowest BCUT2D eigenvalue weighted by molar-refractivity contribution is 0.811. The van der Waals surface area contributed by atoms with E-state index in [4.69, 9.17) is 5.84 Å². The second-order valence-corrected chi connectivity index (χ2v) is 5.91. The van der Waals surface area contributed by atoms with E-state index in [-0.39, 0.29) is 0 Å². The second kappa shape index (κ2) is 6.33. The van der Waals surface area contributed by atoms with Crippen molar-refractivity contribution in [2.24, 2.45) is 5.84 Å². The Morgan fingerprint density at radius 3 is 2.55 bits per heavy atom. The minimum Gasteiger partial charge on any atom is -0.308 e. The molecule has 4 nitrogen and oxygen atoms in total. The van der Waals surface area contributed by atoms with Crippen LogP contribution in [0.5, 0.6) is 0 Å². The Morgan fingerprint density at radius 1 is 1.25 bits per heavy atom. The summed E-state index contributed by atoms with van der Waals surface area (Å²) < 4.78 is 1.07. The molecule has 20 heavy (non-hydrogen) atoms. The van der Waals surface area contributed by atoms with Crippen LogP contribution in [0, 0.1) is 6.92 Å². The molecule has 1 aromatic carbocycles. The van der Waals surface area contributed by atoms with Gasteiger partial charge in [0.15, 0.2) is 0 Å². The number of nitrogens with zero attached hydrogens (tertiary/aromatic N) is 2. The lowest BCUT2D eigenvalue weighted by Crippen LogP contribution is -2.15. The number of halogens is 1. The van der Waals surface area contributed by atoms with Gasteiger partial charge in [0.2, 0.25) is 0 Å². The first-order valence-electron chi connectivity index (χ1n) is 6.60. The lowest BCUT2D eigenvalue weighted by atomic mass is 10.0. The van der Waals surface area contributed by atoms with Gasteiger partial charge < -0.3 is 5.43 Å². The van der Waals surface area contributed by atoms with Crippen molar-refractivity contribution in [3.05, 3.63) is 51.4 Å². The molecule has 0 atom stereocenters. The fraction of sp³-hybridized carbons (Fsp3) is 0.333. The Labute approximate surface area is 127 Å². The van der Waals surface area contributed by atoms with Crippen molar-refractivity contribution in [2.45, 2.75) is 33.1 Å². The molecular formula is C15H19BrN4. The largest absolute Gasteiger partial charge is 0.308 e. The summed E-state index contributed by atoms with van der Waals surface area (Å²) in [6, 6.07) is 8.09. The number of benzene rings is 1. The number of nitrogen functional groups attached to an aromatic ring is 1. The highest BCUT2D eigenvalue weighted by atomic mass is 79.9. The molecule has 0 unspecified atom stereocenters. The number of rotatable bonds is 4. The van der Waals surface area contributed by atoms with Gasteiger partial charge in [-0.25, -0.2) is 15.8 Å². The van der Waals surface area contributed by atoms with E-state index in [0.717, 1.165) is 32.9 Å². The van der Waals surface area contributed by atoms with Gasteiger partial charge >= 0.3 is 0 Å². The molecule has 2 aromatic rings. The van der Waals surface area contributed by atoms with E-state index in [0.29, 0.717) is 12.3 Å². The molecule has 106 valence electrons. The first kappa shape index (κ1) is 14.9. The van der Waals surface area contributed by atoms with Crippen LogP contribution in [0.1, 0.15) is 42.4 Å². The third kappa shape index (κ3) is 3.16. The van der Waals surface area contributed by atoms with Crippen LogP contribution in [0.15, 0.2) is 28.7 Å². The van der Waals surface area contributed by atoms with E-state index in [1.165, 1.54) is 0 Å². The van der Waals surface area contributed by atoms with Gasteiger partial charge in [-0.3, -0.25) is 0 Å². The van der Waals surface area contributed by atoms with Crippen LogP contribution in [0.2, 0.25) is 0 Å². The Morgan fingerprint density at radius 2 is 1.95 bits per heavy atom. The van der Waals surface area contributed by atoms with Gasteiger partial charge in [-0.15, -0.1) is 0 Å². The molecule has 0 aliphatic rings. The summed E-state index contributed by atoms with van der Waals surface area (Å²) in [5, 5.41) is 0. The molecule has 0 fully saturated rings. The van der Waals surface area contributed by atoms with E-state index >= 15 is 0 Å². The predicted octanol–water partition coefficient (Wildman–Crippen LogP) is 3.55. The molecule has 0 amide bonds. The van der Waals surface area contributed by atoms with Gasteiger partial charge in [0, 0.05) is 22.2 Å². The van der Waals surface area contributed by atoms with E-state index in [1.807, 2.05) is 25.1 Å². The number of hydrogen-bond acceptors (Lipinski definition) is 4. The van der Waals surface area contributed by atoms with Crippen LogP contribution >= 0.6 is 15.9 Å². The highest BCUT2D eigenvalue weighted by Gasteiger charge is 2.14. The zero-order valence-corrected chi connectivity index (χ0v) is 13.5. The summed E-state index contributed by atoms with van der Waals surface area (Å²) >= 11 is 3.55. The molecule has 0 saturated heterocycles. The van der Waals surface area contributed by atoms with Crippen molar-refractivity contribution in [1.29, 1.82) is 0 Å². The monoisotopic (exact) mass is 334 g/mol. The number of aromatic nitrogens is 2. The Kier molecular flexibility index (Phi) is 4.73. The third-order valence-electron chi connectivity index (χ3n) is 3.20. The van der Waals surface area contributed by atoms with Crippen LogP contribution < -0.4 is 11.3 Å². The summed E-state index contributed by atoms with van der Waals surface area (Å²) in [5.74, 6) is 7.42. The smallest absolute Gasteiger partial charge is 0.147 e. The third-order valence-corrected chi connectivity index (χ3v) is 3.98. The van der Waals surface area contributed by atoms with E-state index in [1.54, 1.807) is 0 Å². The molecule has 2 rings (SSSR count). The molecule has 1 heterocycles. The van der Waals surface area contributed by atoms with Crippen LogP contribution in [0.4, 0.5) is 5.82 Å². The van der Waals surface area contributed by atoms with Gasteiger partial charge in [0.25, 0.3) is 0 Å². The fourth-order valence-electron chi connectivity index (χ4n) is 2.33. The molecule has 1 aromatic heterocycles. The summed E-state index contributed by atoms with van der Waals surface area (Å²) in [6.07, 6.45) is 0.676. The Balaban J connectivity index is 2.39. The first-order chi connectivity index (χ1) is 9.52. The summed E-state index contributed by atoms with van der Waals surface area (Å²) in [7, 11) is 0. The number of hydrazine groups is 1. The molecule has 3 N–H and O–H groups in total. The second-order valence-electron chi connectivity index (χ2n) is 5.05. The zero-order chi connectivity index (χ0) is 14.7. The van der Waals surface area contributed by atoms with E-state index < -0.39 is 0 Å². The average Bonchev–Trinajstić information content (AvgIpc) is 2.40. The lowest BCUT2D eigenvalue weighted by Gasteiger charge is -2.15. The molecular weight excluding hydrogens is 316 g/mol. The SMILES string of the molecule is Cc1nc(Cc2ccccc2Br)nc(NN)c1C(C)C. The van der Waals surface area contributed by atoms with Gasteiger partial charge in [-0.1, -0.05) is 48.0 Å². The molecule has 0 bridgehead atoms. The van der Waals surface area contributed by atoms with Gasteiger partial charge in [0.05, 0.1) is 0 Å². The Bertz CT molecular complexity index is 611. The fourth-order valence-corrected chi connectivity index (χ4v) is 2.76. The minimum absolute atomic E-state index is 0.332. The van der Waals surface area contributed by atoms with Crippen LogP contribution in [-0.2, 0) is 6.42 Å². The highest BCUT2D eigenvalue weighted by molar-refractivity contribution is 9.10. The molecule has 0 radical (unpaired) electrons. The Hall–Kier alpha value is -1.46. The van der Waals surface area contributed by atoms with Gasteiger partial charge in [0.1, 0.15) is 11.6 Å². The molecule has 0 spiro atoms. The average molecular weight is 335 g/mol. The highest BCUT2D eigenvalue weighted by Crippen LogP contribution is 2.26. The standard InChI is InChI=1S/C15H19BrN4/c1-9(2)14-10(3)18-13(19-15(14)20-17)8-11-6-4-5-7-12(11)16/h4-7,9H,8,17H2,1-3H3,(H,18,19,20). The summed E-state index contributed by atoms with van der Waals surface area (Å²) in [6.45, 7) is 6.22. The van der Waals surface area contributed by atoms with Crippen molar-refractivity contribution < 1.29 is 0 Å². The number of anilines is 1. The maximum Gasteiger partial charge on any atom is 0.147 e. The van der Waals surface area contributed by atoms with Crippen molar-refractivity contribution in [3.63, 3.8) is 0 Å². The predicted molar refractivity (Wildman–Crippen MR) is 85.6 cm³/mol. The zero-order valence-electron chi connectivity index (χ0n) is 11.9. The normalized spacial score (nSPS) is 10.9. The number of aryl methyl sites for hydroxylation is 1. The molecule has 0 aliphatic carbocycles. The van der Waals surface area contributed by atoms with Crippen molar-refractivity contribution in [3.8, 4) is 0 Å². The number of nitrogens with two attached hydrogens (primary N) is 1. The minimum atomic E-state index is 0.332. The van der Waals surface area contributed by atoms with Crippen LogP contribution in [-0.4, -0.2) is 9.97 Å². The molecule has 5 heteroatoms. The summed E-state index contributed by atoms with van der Waals surface area (Å²) in [4.78, 5) is 9.15. The summed E-state index contributed by atoms with van der Waals surface area (Å²) in [5.41, 5.74) is 5.90.